The predicted molar refractivity (Wildman–Crippen MR) is 77.7 cm³/mol. The average molecular weight is 316 g/mol. The van der Waals surface area contributed by atoms with Crippen LogP contribution in [0.5, 0.6) is 0 Å². The lowest BCUT2D eigenvalue weighted by molar-refractivity contribution is -0.132. The molecule has 2 unspecified atom stereocenters. The second-order valence-corrected chi connectivity index (χ2v) is 5.76. The van der Waals surface area contributed by atoms with E-state index in [9.17, 15) is 9.59 Å². The number of rotatable bonds is 3. The first-order chi connectivity index (χ1) is 9.31. The van der Waals surface area contributed by atoms with E-state index in [1.54, 1.807) is 32.0 Å². The Morgan fingerprint density at radius 1 is 1.35 bits per heavy atom. The fraction of sp³-hybridized carbons (Fsp3) is 0.385. The molecule has 7 heteroatoms. The van der Waals surface area contributed by atoms with E-state index in [2.05, 4.69) is 5.32 Å². The smallest absolute Gasteiger partial charge is 0.325 e. The maximum atomic E-state index is 12.5. The largest absolute Gasteiger partial charge is 0.328 e. The number of hydrogen-bond donors (Lipinski definition) is 2. The van der Waals surface area contributed by atoms with Crippen molar-refractivity contribution in [2.24, 2.45) is 5.73 Å². The van der Waals surface area contributed by atoms with Crippen LogP contribution >= 0.6 is 23.2 Å². The van der Waals surface area contributed by atoms with Crippen LogP contribution in [0.1, 0.15) is 19.4 Å². The molecule has 1 saturated heterocycles. The minimum atomic E-state index is -1.16. The maximum absolute atomic E-state index is 12.5. The van der Waals surface area contributed by atoms with Crippen LogP contribution in [0.2, 0.25) is 10.0 Å². The summed E-state index contributed by atoms with van der Waals surface area (Å²) in [4.78, 5) is 25.7. The molecule has 2 rings (SSSR count). The first kappa shape index (κ1) is 15.1. The molecule has 3 amide bonds. The van der Waals surface area contributed by atoms with Crippen molar-refractivity contribution in [3.8, 4) is 0 Å². The number of carbonyl (C=O) groups is 2. The molecule has 0 aliphatic carbocycles. The SMILES string of the molecule is CC(CN)N1C(=O)NC(C)(c2ccc(Cl)c(Cl)c2)C1=O. The van der Waals surface area contributed by atoms with Gasteiger partial charge in [0, 0.05) is 6.54 Å². The van der Waals surface area contributed by atoms with E-state index >= 15 is 0 Å². The lowest BCUT2D eigenvalue weighted by Gasteiger charge is -2.24. The number of nitrogens with two attached hydrogens (primary N) is 1. The van der Waals surface area contributed by atoms with E-state index in [-0.39, 0.29) is 18.5 Å². The minimum Gasteiger partial charge on any atom is -0.328 e. The summed E-state index contributed by atoms with van der Waals surface area (Å²) in [7, 11) is 0. The molecule has 0 spiro atoms. The van der Waals surface area contributed by atoms with Crippen molar-refractivity contribution in [1.82, 2.24) is 10.2 Å². The molecule has 20 heavy (non-hydrogen) atoms. The number of benzene rings is 1. The molecule has 0 radical (unpaired) electrons. The van der Waals surface area contributed by atoms with Gasteiger partial charge in [-0.3, -0.25) is 9.69 Å². The molecule has 0 saturated carbocycles. The van der Waals surface area contributed by atoms with Gasteiger partial charge in [-0.1, -0.05) is 29.3 Å². The Kier molecular flexibility index (Phi) is 3.95. The van der Waals surface area contributed by atoms with Crippen LogP contribution < -0.4 is 11.1 Å². The van der Waals surface area contributed by atoms with Crippen molar-refractivity contribution in [3.05, 3.63) is 33.8 Å². The molecule has 1 aromatic rings. The van der Waals surface area contributed by atoms with E-state index in [4.69, 9.17) is 28.9 Å². The number of carbonyl (C=O) groups excluding carboxylic acids is 2. The summed E-state index contributed by atoms with van der Waals surface area (Å²) in [5.41, 5.74) is 4.96. The van der Waals surface area contributed by atoms with Crippen LogP contribution in [0.4, 0.5) is 4.79 Å². The zero-order chi connectivity index (χ0) is 15.1. The molecule has 1 heterocycles. The number of hydrogen-bond acceptors (Lipinski definition) is 3. The van der Waals surface area contributed by atoms with Gasteiger partial charge in [0.25, 0.3) is 5.91 Å². The second kappa shape index (κ2) is 5.24. The maximum Gasteiger partial charge on any atom is 0.325 e. The van der Waals surface area contributed by atoms with E-state index in [0.29, 0.717) is 15.6 Å². The van der Waals surface area contributed by atoms with Gasteiger partial charge < -0.3 is 11.1 Å². The summed E-state index contributed by atoms with van der Waals surface area (Å²) >= 11 is 11.8. The molecule has 0 aromatic heterocycles. The molecule has 1 aliphatic heterocycles. The van der Waals surface area contributed by atoms with Crippen molar-refractivity contribution >= 4 is 35.1 Å². The van der Waals surface area contributed by atoms with Crippen molar-refractivity contribution in [1.29, 1.82) is 0 Å². The molecular formula is C13H15Cl2N3O2. The third kappa shape index (κ3) is 2.26. The molecular weight excluding hydrogens is 301 g/mol. The lowest BCUT2D eigenvalue weighted by atomic mass is 9.92. The van der Waals surface area contributed by atoms with Crippen LogP contribution in [0.15, 0.2) is 18.2 Å². The molecule has 2 atom stereocenters. The second-order valence-electron chi connectivity index (χ2n) is 4.94. The van der Waals surface area contributed by atoms with E-state index in [1.807, 2.05) is 0 Å². The Balaban J connectivity index is 2.43. The van der Waals surface area contributed by atoms with Gasteiger partial charge in [-0.15, -0.1) is 0 Å². The highest BCUT2D eigenvalue weighted by atomic mass is 35.5. The molecule has 3 N–H and O–H groups in total. The van der Waals surface area contributed by atoms with Crippen LogP contribution in [0.3, 0.4) is 0 Å². The molecule has 1 aliphatic rings. The predicted octanol–water partition coefficient (Wildman–Crippen LogP) is 2.11. The highest BCUT2D eigenvalue weighted by Gasteiger charge is 2.50. The average Bonchev–Trinajstić information content (AvgIpc) is 2.63. The lowest BCUT2D eigenvalue weighted by Crippen LogP contribution is -2.45. The van der Waals surface area contributed by atoms with Gasteiger partial charge in [-0.2, -0.15) is 0 Å². The fourth-order valence-corrected chi connectivity index (χ4v) is 2.47. The third-order valence-electron chi connectivity index (χ3n) is 3.50. The van der Waals surface area contributed by atoms with Gasteiger partial charge >= 0.3 is 6.03 Å². The van der Waals surface area contributed by atoms with E-state index in [1.165, 1.54) is 0 Å². The van der Waals surface area contributed by atoms with Gasteiger partial charge in [0.1, 0.15) is 5.54 Å². The van der Waals surface area contributed by atoms with Gasteiger partial charge in [0.15, 0.2) is 0 Å². The van der Waals surface area contributed by atoms with Gasteiger partial charge in [-0.25, -0.2) is 4.79 Å². The van der Waals surface area contributed by atoms with Crippen molar-refractivity contribution in [3.63, 3.8) is 0 Å². The van der Waals surface area contributed by atoms with Crippen LogP contribution in [0.25, 0.3) is 0 Å². The molecule has 1 aromatic carbocycles. The zero-order valence-electron chi connectivity index (χ0n) is 11.1. The van der Waals surface area contributed by atoms with E-state index < -0.39 is 11.6 Å². The minimum absolute atomic E-state index is 0.205. The number of nitrogens with zero attached hydrogens (tertiary/aromatic N) is 1. The first-order valence-corrected chi connectivity index (χ1v) is 6.88. The summed E-state index contributed by atoms with van der Waals surface area (Å²) in [5.74, 6) is -0.348. The summed E-state index contributed by atoms with van der Waals surface area (Å²) in [5, 5.41) is 3.41. The van der Waals surface area contributed by atoms with Crippen LogP contribution in [-0.2, 0) is 10.3 Å². The Hall–Kier alpha value is -1.30. The highest BCUT2D eigenvalue weighted by molar-refractivity contribution is 6.42. The Labute approximate surface area is 127 Å². The number of urea groups is 1. The number of halogens is 2. The molecule has 0 bridgehead atoms. The fourth-order valence-electron chi connectivity index (χ4n) is 2.17. The van der Waals surface area contributed by atoms with Gasteiger partial charge in [0.05, 0.1) is 16.1 Å². The van der Waals surface area contributed by atoms with E-state index in [0.717, 1.165) is 4.90 Å². The number of imide groups is 1. The van der Waals surface area contributed by atoms with Crippen molar-refractivity contribution < 1.29 is 9.59 Å². The highest BCUT2D eigenvalue weighted by Crippen LogP contribution is 2.33. The van der Waals surface area contributed by atoms with Crippen molar-refractivity contribution in [2.75, 3.05) is 6.54 Å². The van der Waals surface area contributed by atoms with Gasteiger partial charge in [-0.05, 0) is 31.5 Å². The standard InChI is InChI=1S/C13H15Cl2N3O2/c1-7(6-16)18-11(19)13(2,17-12(18)20)8-3-4-9(14)10(15)5-8/h3-5,7H,6,16H2,1-2H3,(H,17,20). The summed E-state index contributed by atoms with van der Waals surface area (Å²) in [6, 6.07) is 4.02. The van der Waals surface area contributed by atoms with Crippen molar-refractivity contribution in [2.45, 2.75) is 25.4 Å². The zero-order valence-corrected chi connectivity index (χ0v) is 12.6. The summed E-state index contributed by atoms with van der Waals surface area (Å²) in [6.45, 7) is 3.56. The Morgan fingerprint density at radius 3 is 2.55 bits per heavy atom. The third-order valence-corrected chi connectivity index (χ3v) is 4.24. The molecule has 1 fully saturated rings. The Morgan fingerprint density at radius 2 is 2.00 bits per heavy atom. The molecule has 5 nitrogen and oxygen atoms in total. The summed E-state index contributed by atoms with van der Waals surface area (Å²) in [6.07, 6.45) is 0. The quantitative estimate of drug-likeness (QED) is 0.839. The van der Waals surface area contributed by atoms with Crippen LogP contribution in [0, 0.1) is 0 Å². The number of nitrogens with one attached hydrogen (secondary N) is 1. The van der Waals surface area contributed by atoms with Crippen LogP contribution in [-0.4, -0.2) is 29.4 Å². The normalized spacial score (nSPS) is 23.9. The topological polar surface area (TPSA) is 75.4 Å². The Bertz CT molecular complexity index is 579. The monoisotopic (exact) mass is 315 g/mol. The number of amides is 3. The first-order valence-electron chi connectivity index (χ1n) is 6.12. The molecule has 108 valence electrons. The van der Waals surface area contributed by atoms with Gasteiger partial charge in [0.2, 0.25) is 0 Å². The summed E-state index contributed by atoms with van der Waals surface area (Å²) < 4.78 is 0.